The first-order chi connectivity index (χ1) is 18.0. The summed E-state index contributed by atoms with van der Waals surface area (Å²) in [5.74, 6) is 2.03. The molecule has 2 aromatic heterocycles. The molecule has 0 spiro atoms. The summed E-state index contributed by atoms with van der Waals surface area (Å²) in [6, 6.07) is 18.9. The summed E-state index contributed by atoms with van der Waals surface area (Å²) in [6.45, 7) is 3.97. The smallest absolute Gasteiger partial charge is 0.273 e. The number of ether oxygens (including phenoxy) is 1. The lowest BCUT2D eigenvalue weighted by molar-refractivity contribution is 0.101. The van der Waals surface area contributed by atoms with Crippen LogP contribution in [0.25, 0.3) is 11.3 Å². The van der Waals surface area contributed by atoms with Crippen molar-refractivity contribution in [3.63, 3.8) is 0 Å². The van der Waals surface area contributed by atoms with Gasteiger partial charge >= 0.3 is 0 Å². The fourth-order valence-electron chi connectivity index (χ4n) is 4.44. The van der Waals surface area contributed by atoms with Crippen LogP contribution in [0.2, 0.25) is 0 Å². The van der Waals surface area contributed by atoms with E-state index in [1.54, 1.807) is 24.9 Å². The molecule has 0 atom stereocenters. The van der Waals surface area contributed by atoms with E-state index in [1.807, 2.05) is 61.5 Å². The Balaban J connectivity index is 1.26. The minimum atomic E-state index is -0.234. The van der Waals surface area contributed by atoms with Crippen LogP contribution in [0.15, 0.2) is 60.7 Å². The summed E-state index contributed by atoms with van der Waals surface area (Å²) in [5, 5.41) is 10.8. The molecule has 0 aliphatic carbocycles. The van der Waals surface area contributed by atoms with Gasteiger partial charge in [-0.25, -0.2) is 4.98 Å². The number of methoxy groups -OCH3 is 1. The molecule has 37 heavy (non-hydrogen) atoms. The maximum Gasteiger partial charge on any atom is 0.273 e. The minimum absolute atomic E-state index is 0.234. The van der Waals surface area contributed by atoms with E-state index >= 15 is 0 Å². The van der Waals surface area contributed by atoms with E-state index < -0.39 is 0 Å². The molecule has 2 N–H and O–H groups in total. The lowest BCUT2D eigenvalue weighted by Crippen LogP contribution is -2.31. The number of anilines is 4. The highest BCUT2D eigenvalue weighted by atomic mass is 16.5. The Kier molecular flexibility index (Phi) is 7.02. The van der Waals surface area contributed by atoms with Gasteiger partial charge in [-0.05, 0) is 68.7 Å². The van der Waals surface area contributed by atoms with Crippen molar-refractivity contribution >= 4 is 29.0 Å². The second kappa shape index (κ2) is 10.7. The number of benzene rings is 2. The third kappa shape index (κ3) is 5.72. The molecule has 1 aliphatic heterocycles. The average molecular weight is 498 g/mol. The lowest BCUT2D eigenvalue weighted by Gasteiger charge is -2.27. The van der Waals surface area contributed by atoms with Crippen molar-refractivity contribution in [1.29, 1.82) is 0 Å². The molecular formula is C28H31N7O2. The Hall–Kier alpha value is -4.40. The number of amides is 1. The average Bonchev–Trinajstić information content (AvgIpc) is 3.32. The second-order valence-corrected chi connectivity index (χ2v) is 9.17. The molecule has 2 aromatic carbocycles. The monoisotopic (exact) mass is 497 g/mol. The van der Waals surface area contributed by atoms with Crippen LogP contribution in [-0.4, -0.2) is 45.9 Å². The van der Waals surface area contributed by atoms with E-state index in [9.17, 15) is 4.79 Å². The molecule has 5 rings (SSSR count). The number of hydrogen-bond donors (Lipinski definition) is 2. The molecule has 1 saturated heterocycles. The van der Waals surface area contributed by atoms with Crippen LogP contribution >= 0.6 is 0 Å². The van der Waals surface area contributed by atoms with Crippen LogP contribution in [0.1, 0.15) is 35.4 Å². The van der Waals surface area contributed by atoms with Crippen molar-refractivity contribution in [1.82, 2.24) is 19.7 Å². The van der Waals surface area contributed by atoms with Crippen LogP contribution in [0.3, 0.4) is 0 Å². The summed E-state index contributed by atoms with van der Waals surface area (Å²) in [6.07, 6.45) is 3.61. The molecule has 0 saturated carbocycles. The Morgan fingerprint density at radius 1 is 0.946 bits per heavy atom. The molecule has 4 aromatic rings. The summed E-state index contributed by atoms with van der Waals surface area (Å²) in [5.41, 5.74) is 4.53. The van der Waals surface area contributed by atoms with Crippen LogP contribution in [0.4, 0.5) is 23.1 Å². The van der Waals surface area contributed by atoms with Gasteiger partial charge in [-0.15, -0.1) is 0 Å². The molecule has 1 aliphatic rings. The first-order valence-electron chi connectivity index (χ1n) is 12.5. The largest absolute Gasteiger partial charge is 0.497 e. The summed E-state index contributed by atoms with van der Waals surface area (Å²) in [7, 11) is 3.38. The number of carbonyl (C=O) groups is 1. The number of nitrogens with one attached hydrogen (secondary N) is 2. The Labute approximate surface area is 216 Å². The normalized spacial score (nSPS) is 13.3. The summed E-state index contributed by atoms with van der Waals surface area (Å²) >= 11 is 0. The third-order valence-electron chi connectivity index (χ3n) is 6.37. The highest BCUT2D eigenvalue weighted by Crippen LogP contribution is 2.25. The number of hydrogen-bond acceptors (Lipinski definition) is 7. The lowest BCUT2D eigenvalue weighted by atomic mass is 10.1. The van der Waals surface area contributed by atoms with Crippen LogP contribution in [0.5, 0.6) is 5.75 Å². The number of piperidine rings is 1. The molecular weight excluding hydrogens is 466 g/mol. The highest BCUT2D eigenvalue weighted by molar-refractivity contribution is 6.03. The standard InChI is InChI=1S/C28H31N7O2/c1-19-16-26(32-28(29-19)35-14-5-4-6-15-35)30-21-10-12-22(13-11-21)31-27(36)25-18-24(33-34(25)2)20-8-7-9-23(17-20)37-3/h7-13,16-18H,4-6,14-15H2,1-3H3,(H,31,36)(H,29,30,32). The fourth-order valence-corrected chi connectivity index (χ4v) is 4.44. The van der Waals surface area contributed by atoms with Gasteiger partial charge in [0.2, 0.25) is 5.95 Å². The van der Waals surface area contributed by atoms with Crippen molar-refractivity contribution in [2.45, 2.75) is 26.2 Å². The van der Waals surface area contributed by atoms with Crippen molar-refractivity contribution < 1.29 is 9.53 Å². The second-order valence-electron chi connectivity index (χ2n) is 9.17. The van der Waals surface area contributed by atoms with Gasteiger partial charge in [-0.3, -0.25) is 9.48 Å². The third-order valence-corrected chi connectivity index (χ3v) is 6.37. The molecule has 0 unspecified atom stereocenters. The summed E-state index contributed by atoms with van der Waals surface area (Å²) < 4.78 is 6.88. The molecule has 9 nitrogen and oxygen atoms in total. The maximum atomic E-state index is 13.0. The van der Waals surface area contributed by atoms with Crippen molar-refractivity contribution in [2.75, 3.05) is 35.7 Å². The van der Waals surface area contributed by atoms with E-state index in [1.165, 1.54) is 19.3 Å². The number of carbonyl (C=O) groups excluding carboxylic acids is 1. The number of nitrogens with zero attached hydrogens (tertiary/aromatic N) is 5. The Morgan fingerprint density at radius 3 is 2.46 bits per heavy atom. The van der Waals surface area contributed by atoms with Gasteiger partial charge in [0.25, 0.3) is 5.91 Å². The van der Waals surface area contributed by atoms with Gasteiger partial charge in [0, 0.05) is 48.8 Å². The molecule has 1 amide bonds. The van der Waals surface area contributed by atoms with E-state index in [4.69, 9.17) is 9.72 Å². The minimum Gasteiger partial charge on any atom is -0.497 e. The maximum absolute atomic E-state index is 13.0. The van der Waals surface area contributed by atoms with E-state index in [0.717, 1.165) is 47.5 Å². The first-order valence-corrected chi connectivity index (χ1v) is 12.5. The van der Waals surface area contributed by atoms with Gasteiger partial charge < -0.3 is 20.3 Å². The molecule has 0 bridgehead atoms. The molecule has 3 heterocycles. The molecule has 9 heteroatoms. The van der Waals surface area contributed by atoms with Gasteiger partial charge in [0.1, 0.15) is 17.3 Å². The first kappa shape index (κ1) is 24.3. The summed E-state index contributed by atoms with van der Waals surface area (Å²) in [4.78, 5) is 24.6. The highest BCUT2D eigenvalue weighted by Gasteiger charge is 2.16. The van der Waals surface area contributed by atoms with Crippen molar-refractivity contribution in [3.8, 4) is 17.0 Å². The fraction of sp³-hybridized carbons (Fsp3) is 0.286. The molecule has 1 fully saturated rings. The number of rotatable bonds is 7. The van der Waals surface area contributed by atoms with Gasteiger partial charge in [-0.1, -0.05) is 12.1 Å². The van der Waals surface area contributed by atoms with Gasteiger partial charge in [-0.2, -0.15) is 10.1 Å². The Bertz CT molecular complexity index is 1390. The van der Waals surface area contributed by atoms with Gasteiger partial charge in [0.05, 0.1) is 12.8 Å². The van der Waals surface area contributed by atoms with Crippen molar-refractivity contribution in [2.24, 2.45) is 7.05 Å². The predicted octanol–water partition coefficient (Wildman–Crippen LogP) is 5.18. The van der Waals surface area contributed by atoms with Crippen molar-refractivity contribution in [3.05, 3.63) is 72.1 Å². The SMILES string of the molecule is COc1cccc(-c2cc(C(=O)Nc3ccc(Nc4cc(C)nc(N5CCCCC5)n4)cc3)n(C)n2)c1. The topological polar surface area (TPSA) is 97.2 Å². The zero-order chi connectivity index (χ0) is 25.8. The van der Waals surface area contributed by atoms with Crippen LogP contribution in [0, 0.1) is 6.92 Å². The number of aromatic nitrogens is 4. The quantitative estimate of drug-likeness (QED) is 0.363. The van der Waals surface area contributed by atoms with E-state index in [0.29, 0.717) is 17.1 Å². The van der Waals surface area contributed by atoms with E-state index in [2.05, 4.69) is 25.6 Å². The molecule has 0 radical (unpaired) electrons. The van der Waals surface area contributed by atoms with Gasteiger partial charge in [0.15, 0.2) is 0 Å². The zero-order valence-corrected chi connectivity index (χ0v) is 21.4. The molecule has 190 valence electrons. The predicted molar refractivity (Wildman–Crippen MR) is 146 cm³/mol. The Morgan fingerprint density at radius 2 is 1.70 bits per heavy atom. The number of aryl methyl sites for hydroxylation is 2. The van der Waals surface area contributed by atoms with Crippen LogP contribution in [-0.2, 0) is 7.05 Å². The van der Waals surface area contributed by atoms with Crippen LogP contribution < -0.4 is 20.3 Å². The van der Waals surface area contributed by atoms with E-state index in [-0.39, 0.29) is 5.91 Å². The zero-order valence-electron chi connectivity index (χ0n) is 21.4.